The van der Waals surface area contributed by atoms with Crippen LogP contribution in [0.5, 0.6) is 11.5 Å². The quantitative estimate of drug-likeness (QED) is 0.323. The number of fused-ring (bicyclic) bond motifs is 1. The highest BCUT2D eigenvalue weighted by atomic mass is 16.5. The zero-order valence-corrected chi connectivity index (χ0v) is 20.5. The van der Waals surface area contributed by atoms with E-state index in [4.69, 9.17) is 9.47 Å². The number of para-hydroxylation sites is 3. The lowest BCUT2D eigenvalue weighted by atomic mass is 9.88. The number of hydrogen-bond donors (Lipinski definition) is 1. The number of rotatable bonds is 9. The van der Waals surface area contributed by atoms with Gasteiger partial charge in [0.25, 0.3) is 5.91 Å². The summed E-state index contributed by atoms with van der Waals surface area (Å²) in [6, 6.07) is 31.4. The Labute approximate surface area is 215 Å². The molecule has 1 aliphatic rings. The molecule has 0 saturated heterocycles. The van der Waals surface area contributed by atoms with Crippen molar-refractivity contribution in [2.24, 2.45) is 0 Å². The van der Waals surface area contributed by atoms with Gasteiger partial charge in [-0.25, -0.2) is 0 Å². The van der Waals surface area contributed by atoms with Gasteiger partial charge in [0.15, 0.2) is 22.9 Å². The van der Waals surface area contributed by atoms with Gasteiger partial charge in [-0.2, -0.15) is 0 Å². The molecule has 0 unspecified atom stereocenters. The molecule has 1 N–H and O–H groups in total. The van der Waals surface area contributed by atoms with Crippen LogP contribution in [0.15, 0.2) is 103 Å². The number of benzene rings is 4. The lowest BCUT2D eigenvalue weighted by Crippen LogP contribution is -2.43. The number of carbonyl (C=O) groups excluding carboxylic acids is 2. The van der Waals surface area contributed by atoms with Gasteiger partial charge in [0, 0.05) is 11.1 Å². The predicted molar refractivity (Wildman–Crippen MR) is 142 cm³/mol. The Morgan fingerprint density at radius 1 is 0.811 bits per heavy atom. The molecule has 4 aromatic rings. The molecule has 1 amide bonds. The summed E-state index contributed by atoms with van der Waals surface area (Å²) in [6.45, 7) is 0.390. The predicted octanol–water partition coefficient (Wildman–Crippen LogP) is 5.25. The fraction of sp³-hybridized carbons (Fsp3) is 0.161. The third-order valence-corrected chi connectivity index (χ3v) is 6.61. The third kappa shape index (κ3) is 4.71. The van der Waals surface area contributed by atoms with Gasteiger partial charge in [0.1, 0.15) is 6.61 Å². The zero-order chi connectivity index (χ0) is 25.8. The molecule has 0 aromatic heterocycles. The van der Waals surface area contributed by atoms with Crippen LogP contribution in [0.2, 0.25) is 0 Å². The maximum atomic E-state index is 13.5. The van der Waals surface area contributed by atoms with Crippen LogP contribution in [0.1, 0.15) is 22.3 Å². The second-order valence-corrected chi connectivity index (χ2v) is 8.88. The van der Waals surface area contributed by atoms with Crippen LogP contribution >= 0.6 is 0 Å². The normalized spacial score (nSPS) is 16.4. The molecule has 1 aliphatic heterocycles. The Bertz CT molecular complexity index is 1420. The van der Waals surface area contributed by atoms with E-state index < -0.39 is 11.5 Å². The van der Waals surface area contributed by atoms with E-state index >= 15 is 0 Å². The minimum Gasteiger partial charge on any atom is -0.493 e. The number of nitrogens with zero attached hydrogens (tertiary/aromatic N) is 1. The van der Waals surface area contributed by atoms with Gasteiger partial charge in [-0.1, -0.05) is 84.9 Å². The molecule has 6 nitrogen and oxygen atoms in total. The first-order chi connectivity index (χ1) is 18.0. The van der Waals surface area contributed by atoms with Crippen molar-refractivity contribution in [3.63, 3.8) is 0 Å². The molecule has 0 radical (unpaired) electrons. The maximum absolute atomic E-state index is 13.5. The van der Waals surface area contributed by atoms with Crippen molar-refractivity contribution in [3.8, 4) is 22.6 Å². The monoisotopic (exact) mass is 493 g/mol. The maximum Gasteiger partial charge on any atom is 0.264 e. The van der Waals surface area contributed by atoms with Gasteiger partial charge in [0.05, 0.1) is 25.8 Å². The number of methoxy groups -OCH3 is 1. The van der Waals surface area contributed by atoms with Crippen molar-refractivity contribution in [3.05, 3.63) is 114 Å². The molecule has 0 aliphatic carbocycles. The molecule has 1 atom stereocenters. The Hall–Kier alpha value is -4.42. The highest BCUT2D eigenvalue weighted by molar-refractivity contribution is 6.10. The lowest BCUT2D eigenvalue weighted by Gasteiger charge is -2.23. The van der Waals surface area contributed by atoms with E-state index in [0.717, 1.165) is 11.1 Å². The average Bonchev–Trinajstić information content (AvgIpc) is 3.15. The first-order valence-electron chi connectivity index (χ1n) is 12.1. The first kappa shape index (κ1) is 24.3. The van der Waals surface area contributed by atoms with E-state index in [9.17, 15) is 14.7 Å². The summed E-state index contributed by atoms with van der Waals surface area (Å²) in [6.07, 6.45) is -0.350. The molecular formula is C31H27NO5. The summed E-state index contributed by atoms with van der Waals surface area (Å²) in [5.74, 6) is 0.314. The summed E-state index contributed by atoms with van der Waals surface area (Å²) in [5.41, 5.74) is 1.52. The fourth-order valence-electron chi connectivity index (χ4n) is 4.70. The standard InChI is InChI=1S/C31H27NO5/c1-36-28-13-7-8-14-29(28)37-20-19-32-26-12-6-5-11-25(26)31(35,30(32)34)21-27(33)24-17-15-23(16-18-24)22-9-3-2-4-10-22/h2-18,35H,19-21H2,1H3/t31-/m0/s1. The molecule has 0 bridgehead atoms. The number of anilines is 1. The van der Waals surface area contributed by atoms with E-state index in [1.54, 1.807) is 55.6 Å². The van der Waals surface area contributed by atoms with Crippen molar-refractivity contribution in [2.75, 3.05) is 25.2 Å². The molecule has 0 fully saturated rings. The number of ketones is 1. The van der Waals surface area contributed by atoms with Crippen LogP contribution in [0.25, 0.3) is 11.1 Å². The highest BCUT2D eigenvalue weighted by Gasteiger charge is 2.50. The second-order valence-electron chi connectivity index (χ2n) is 8.88. The minimum absolute atomic E-state index is 0.186. The average molecular weight is 494 g/mol. The Morgan fingerprint density at radius 2 is 1.43 bits per heavy atom. The van der Waals surface area contributed by atoms with E-state index in [0.29, 0.717) is 28.3 Å². The lowest BCUT2D eigenvalue weighted by molar-refractivity contribution is -0.135. The van der Waals surface area contributed by atoms with E-state index in [1.807, 2.05) is 54.6 Å². The SMILES string of the molecule is COc1ccccc1OCCN1C(=O)[C@](O)(CC(=O)c2ccc(-c3ccccc3)cc2)c2ccccc21. The van der Waals surface area contributed by atoms with Gasteiger partial charge >= 0.3 is 0 Å². The van der Waals surface area contributed by atoms with Crippen molar-refractivity contribution in [1.29, 1.82) is 0 Å². The van der Waals surface area contributed by atoms with Gasteiger partial charge in [-0.15, -0.1) is 0 Å². The Kier molecular flexibility index (Phi) is 6.75. The molecular weight excluding hydrogens is 466 g/mol. The molecule has 186 valence electrons. The summed E-state index contributed by atoms with van der Waals surface area (Å²) in [4.78, 5) is 28.2. The number of ether oxygens (including phenoxy) is 2. The van der Waals surface area contributed by atoms with Crippen LogP contribution in [0.3, 0.4) is 0 Å². The number of amides is 1. The number of aliphatic hydroxyl groups is 1. The summed E-state index contributed by atoms with van der Waals surface area (Å²) in [5, 5.41) is 11.6. The molecule has 5 rings (SSSR count). The number of Topliss-reactive ketones (excluding diaryl/α,β-unsaturated/α-hetero) is 1. The van der Waals surface area contributed by atoms with Crippen molar-refractivity contribution in [1.82, 2.24) is 0 Å². The van der Waals surface area contributed by atoms with Crippen molar-refractivity contribution >= 4 is 17.4 Å². The van der Waals surface area contributed by atoms with E-state index in [1.165, 1.54) is 4.90 Å². The third-order valence-electron chi connectivity index (χ3n) is 6.61. The number of hydrogen-bond acceptors (Lipinski definition) is 5. The molecule has 0 spiro atoms. The molecule has 37 heavy (non-hydrogen) atoms. The first-order valence-corrected chi connectivity index (χ1v) is 12.1. The van der Waals surface area contributed by atoms with Gasteiger partial charge in [0.2, 0.25) is 0 Å². The largest absolute Gasteiger partial charge is 0.493 e. The Balaban J connectivity index is 1.32. The minimum atomic E-state index is -1.95. The van der Waals surface area contributed by atoms with Crippen LogP contribution in [0.4, 0.5) is 5.69 Å². The van der Waals surface area contributed by atoms with Crippen LogP contribution in [0, 0.1) is 0 Å². The summed E-state index contributed by atoms with van der Waals surface area (Å²) in [7, 11) is 1.56. The summed E-state index contributed by atoms with van der Waals surface area (Å²) >= 11 is 0. The van der Waals surface area contributed by atoms with Gasteiger partial charge in [-0.05, 0) is 29.3 Å². The van der Waals surface area contributed by atoms with Crippen LogP contribution < -0.4 is 14.4 Å². The van der Waals surface area contributed by atoms with Gasteiger partial charge < -0.3 is 19.5 Å². The number of carbonyl (C=O) groups is 2. The smallest absolute Gasteiger partial charge is 0.264 e. The molecule has 6 heteroatoms. The van der Waals surface area contributed by atoms with Crippen molar-refractivity contribution in [2.45, 2.75) is 12.0 Å². The fourth-order valence-corrected chi connectivity index (χ4v) is 4.70. The highest BCUT2D eigenvalue weighted by Crippen LogP contribution is 2.43. The summed E-state index contributed by atoms with van der Waals surface area (Å²) < 4.78 is 11.2. The van der Waals surface area contributed by atoms with Crippen LogP contribution in [-0.4, -0.2) is 37.1 Å². The topological polar surface area (TPSA) is 76.1 Å². The molecule has 4 aromatic carbocycles. The van der Waals surface area contributed by atoms with Crippen LogP contribution in [-0.2, 0) is 10.4 Å². The Morgan fingerprint density at radius 3 is 2.16 bits per heavy atom. The zero-order valence-electron chi connectivity index (χ0n) is 20.5. The molecule has 1 heterocycles. The van der Waals surface area contributed by atoms with E-state index in [2.05, 4.69) is 0 Å². The van der Waals surface area contributed by atoms with Gasteiger partial charge in [-0.3, -0.25) is 9.59 Å². The second kappa shape index (κ2) is 10.3. The van der Waals surface area contributed by atoms with Crippen molar-refractivity contribution < 1.29 is 24.2 Å². The van der Waals surface area contributed by atoms with E-state index in [-0.39, 0.29) is 25.4 Å². The molecule has 0 saturated carbocycles.